The minimum Gasteiger partial charge on any atom is -0.492 e. The number of benzene rings is 1. The van der Waals surface area contributed by atoms with Crippen molar-refractivity contribution in [3.05, 3.63) is 27.5 Å². The summed E-state index contributed by atoms with van der Waals surface area (Å²) in [7, 11) is 0. The molecule has 0 fully saturated rings. The fourth-order valence-corrected chi connectivity index (χ4v) is 1.97. The Balaban J connectivity index is 2.68. The van der Waals surface area contributed by atoms with Gasteiger partial charge in [-0.1, -0.05) is 0 Å². The van der Waals surface area contributed by atoms with E-state index >= 15 is 0 Å². The fraction of sp³-hybridized carbons (Fsp3) is 0.222. The number of aldehydes is 1. The highest BCUT2D eigenvalue weighted by Gasteiger charge is 2.21. The van der Waals surface area contributed by atoms with Gasteiger partial charge in [0.05, 0.1) is 16.6 Å². The predicted molar refractivity (Wildman–Crippen MR) is 48.7 cm³/mol. The van der Waals surface area contributed by atoms with E-state index < -0.39 is 5.82 Å². The van der Waals surface area contributed by atoms with Gasteiger partial charge in [0.2, 0.25) is 0 Å². The summed E-state index contributed by atoms with van der Waals surface area (Å²) in [6.45, 7) is 0.551. The van der Waals surface area contributed by atoms with Gasteiger partial charge in [0, 0.05) is 6.42 Å². The van der Waals surface area contributed by atoms with Crippen LogP contribution in [0, 0.1) is 5.82 Å². The van der Waals surface area contributed by atoms with Crippen LogP contribution in [0.2, 0.25) is 0 Å². The van der Waals surface area contributed by atoms with Crippen LogP contribution in [0.5, 0.6) is 5.75 Å². The first-order chi connectivity index (χ1) is 6.24. The Morgan fingerprint density at radius 1 is 1.62 bits per heavy atom. The molecule has 0 radical (unpaired) electrons. The zero-order chi connectivity index (χ0) is 9.42. The minimum atomic E-state index is -0.546. The molecule has 0 aromatic heterocycles. The minimum absolute atomic E-state index is 0.0797. The molecule has 1 aromatic rings. The molecule has 13 heavy (non-hydrogen) atoms. The van der Waals surface area contributed by atoms with Crippen molar-refractivity contribution < 1.29 is 13.9 Å². The van der Waals surface area contributed by atoms with Crippen LogP contribution in [-0.2, 0) is 6.42 Å². The average molecular weight is 245 g/mol. The van der Waals surface area contributed by atoms with E-state index in [-0.39, 0.29) is 10.0 Å². The predicted octanol–water partition coefficient (Wildman–Crippen LogP) is 2.34. The Morgan fingerprint density at radius 2 is 2.38 bits per heavy atom. The Morgan fingerprint density at radius 3 is 3.08 bits per heavy atom. The van der Waals surface area contributed by atoms with Crippen molar-refractivity contribution in [3.63, 3.8) is 0 Å². The molecular formula is C9H6BrFO2. The number of rotatable bonds is 1. The second-order valence-corrected chi connectivity index (χ2v) is 3.59. The van der Waals surface area contributed by atoms with Crippen molar-refractivity contribution in [2.24, 2.45) is 0 Å². The molecule has 0 N–H and O–H groups in total. The molecule has 0 spiro atoms. The summed E-state index contributed by atoms with van der Waals surface area (Å²) in [6.07, 6.45) is 1.24. The van der Waals surface area contributed by atoms with Crippen molar-refractivity contribution in [3.8, 4) is 5.75 Å². The van der Waals surface area contributed by atoms with Gasteiger partial charge in [-0.2, -0.15) is 0 Å². The Hall–Kier alpha value is -0.900. The van der Waals surface area contributed by atoms with Crippen LogP contribution >= 0.6 is 15.9 Å². The number of carbonyl (C=O) groups is 1. The molecule has 0 aliphatic carbocycles. The molecule has 0 saturated carbocycles. The van der Waals surface area contributed by atoms with Gasteiger partial charge in [0.1, 0.15) is 5.75 Å². The van der Waals surface area contributed by atoms with Crippen LogP contribution in [0.1, 0.15) is 15.9 Å². The van der Waals surface area contributed by atoms with Crippen LogP contribution in [0.15, 0.2) is 10.5 Å². The lowest BCUT2D eigenvalue weighted by molar-refractivity contribution is 0.111. The number of ether oxygens (including phenoxy) is 1. The zero-order valence-corrected chi connectivity index (χ0v) is 8.23. The highest BCUT2D eigenvalue weighted by Crippen LogP contribution is 2.36. The average Bonchev–Trinajstić information content (AvgIpc) is 2.59. The van der Waals surface area contributed by atoms with Crippen molar-refractivity contribution in [2.45, 2.75) is 6.42 Å². The maximum absolute atomic E-state index is 13.3. The zero-order valence-electron chi connectivity index (χ0n) is 6.64. The number of hydrogen-bond acceptors (Lipinski definition) is 2. The van der Waals surface area contributed by atoms with Crippen molar-refractivity contribution in [1.29, 1.82) is 0 Å². The number of halogens is 2. The highest BCUT2D eigenvalue weighted by molar-refractivity contribution is 9.10. The topological polar surface area (TPSA) is 26.3 Å². The van der Waals surface area contributed by atoms with Gasteiger partial charge in [-0.15, -0.1) is 0 Å². The fourth-order valence-electron chi connectivity index (χ4n) is 1.37. The molecule has 0 atom stereocenters. The van der Waals surface area contributed by atoms with E-state index in [1.54, 1.807) is 0 Å². The van der Waals surface area contributed by atoms with Crippen LogP contribution < -0.4 is 4.74 Å². The molecule has 1 aromatic carbocycles. The maximum atomic E-state index is 13.3. The van der Waals surface area contributed by atoms with Gasteiger partial charge in [0.25, 0.3) is 0 Å². The number of hydrogen-bond donors (Lipinski definition) is 0. The van der Waals surface area contributed by atoms with Gasteiger partial charge < -0.3 is 4.74 Å². The van der Waals surface area contributed by atoms with E-state index in [1.807, 2.05) is 0 Å². The van der Waals surface area contributed by atoms with Gasteiger partial charge in [-0.3, -0.25) is 4.79 Å². The SMILES string of the molecule is O=Cc1cc2c(c(Br)c1F)OCC2. The first kappa shape index (κ1) is 8.69. The van der Waals surface area contributed by atoms with E-state index in [1.165, 1.54) is 6.07 Å². The molecule has 0 unspecified atom stereocenters. The number of carbonyl (C=O) groups excluding carboxylic acids is 1. The maximum Gasteiger partial charge on any atom is 0.153 e. The molecular weight excluding hydrogens is 239 g/mol. The first-order valence-corrected chi connectivity index (χ1v) is 4.62. The lowest BCUT2D eigenvalue weighted by atomic mass is 10.1. The van der Waals surface area contributed by atoms with Gasteiger partial charge in [-0.05, 0) is 27.6 Å². The lowest BCUT2D eigenvalue weighted by Gasteiger charge is -2.04. The van der Waals surface area contributed by atoms with Gasteiger partial charge in [0.15, 0.2) is 12.1 Å². The summed E-state index contributed by atoms with van der Waals surface area (Å²) in [5, 5.41) is 0. The van der Waals surface area contributed by atoms with Crippen molar-refractivity contribution in [1.82, 2.24) is 0 Å². The third kappa shape index (κ3) is 1.25. The molecule has 2 nitrogen and oxygen atoms in total. The summed E-state index contributed by atoms with van der Waals surface area (Å²) in [6, 6.07) is 1.54. The Bertz CT molecular complexity index is 376. The van der Waals surface area contributed by atoms with E-state index in [2.05, 4.69) is 15.9 Å². The largest absolute Gasteiger partial charge is 0.492 e. The Labute approximate surface area is 82.8 Å². The summed E-state index contributed by atoms with van der Waals surface area (Å²) in [4.78, 5) is 10.5. The molecule has 1 aliphatic rings. The second-order valence-electron chi connectivity index (χ2n) is 2.80. The van der Waals surface area contributed by atoms with Crippen molar-refractivity contribution >= 4 is 22.2 Å². The van der Waals surface area contributed by atoms with Crippen LogP contribution in [0.4, 0.5) is 4.39 Å². The lowest BCUT2D eigenvalue weighted by Crippen LogP contribution is -1.92. The molecule has 68 valence electrons. The normalized spacial score (nSPS) is 13.7. The molecule has 4 heteroatoms. The van der Waals surface area contributed by atoms with Crippen molar-refractivity contribution in [2.75, 3.05) is 6.61 Å². The van der Waals surface area contributed by atoms with Crippen LogP contribution in [-0.4, -0.2) is 12.9 Å². The third-order valence-corrected chi connectivity index (χ3v) is 2.72. The molecule has 2 rings (SSSR count). The van der Waals surface area contributed by atoms with Gasteiger partial charge >= 0.3 is 0 Å². The quantitative estimate of drug-likeness (QED) is 0.710. The summed E-state index contributed by atoms with van der Waals surface area (Å²) >= 11 is 3.06. The second kappa shape index (κ2) is 3.10. The smallest absolute Gasteiger partial charge is 0.153 e. The molecule has 1 heterocycles. The summed E-state index contributed by atoms with van der Waals surface area (Å²) < 4.78 is 18.8. The number of fused-ring (bicyclic) bond motifs is 1. The van der Waals surface area contributed by atoms with Crippen LogP contribution in [0.3, 0.4) is 0 Å². The molecule has 1 aliphatic heterocycles. The van der Waals surface area contributed by atoms with Gasteiger partial charge in [-0.25, -0.2) is 4.39 Å². The monoisotopic (exact) mass is 244 g/mol. The molecule has 0 amide bonds. The first-order valence-electron chi connectivity index (χ1n) is 3.83. The van der Waals surface area contributed by atoms with E-state index in [0.29, 0.717) is 18.6 Å². The summed E-state index contributed by atoms with van der Waals surface area (Å²) in [5.74, 6) is -0.0150. The van der Waals surface area contributed by atoms with E-state index in [0.717, 1.165) is 12.0 Å². The summed E-state index contributed by atoms with van der Waals surface area (Å²) in [5.41, 5.74) is 0.964. The van der Waals surface area contributed by atoms with E-state index in [9.17, 15) is 9.18 Å². The standard InChI is InChI=1S/C9H6BrFO2/c10-7-8(11)6(4-12)3-5-1-2-13-9(5)7/h3-4H,1-2H2. The Kier molecular flexibility index (Phi) is 2.07. The van der Waals surface area contributed by atoms with E-state index in [4.69, 9.17) is 4.74 Å². The van der Waals surface area contributed by atoms with Crippen LogP contribution in [0.25, 0.3) is 0 Å². The highest BCUT2D eigenvalue weighted by atomic mass is 79.9. The molecule has 0 bridgehead atoms. The molecule has 0 saturated heterocycles. The third-order valence-electron chi connectivity index (χ3n) is 2.01.